The smallest absolute Gasteiger partial charge is 0.221 e. The van der Waals surface area contributed by atoms with Crippen molar-refractivity contribution in [3.8, 4) is 0 Å². The molecule has 1 heterocycles. The SMILES string of the molecule is CC(C)(C)NC(=O)CCNCc1csnn1. The fourth-order valence-electron chi connectivity index (χ4n) is 1.16. The Morgan fingerprint density at radius 1 is 1.50 bits per heavy atom. The Morgan fingerprint density at radius 3 is 2.81 bits per heavy atom. The van der Waals surface area contributed by atoms with Crippen LogP contribution in [-0.4, -0.2) is 27.6 Å². The molecule has 16 heavy (non-hydrogen) atoms. The van der Waals surface area contributed by atoms with Crippen molar-refractivity contribution in [1.82, 2.24) is 20.2 Å². The van der Waals surface area contributed by atoms with Crippen molar-refractivity contribution in [3.05, 3.63) is 11.1 Å². The number of rotatable bonds is 5. The average Bonchev–Trinajstić information content (AvgIpc) is 2.62. The molecule has 1 rings (SSSR count). The first-order chi connectivity index (χ1) is 7.47. The summed E-state index contributed by atoms with van der Waals surface area (Å²) >= 11 is 1.33. The molecular weight excluding hydrogens is 224 g/mol. The Kier molecular flexibility index (Phi) is 4.82. The minimum atomic E-state index is -0.157. The monoisotopic (exact) mass is 242 g/mol. The van der Waals surface area contributed by atoms with Gasteiger partial charge in [-0.1, -0.05) is 4.49 Å². The minimum Gasteiger partial charge on any atom is -0.351 e. The lowest BCUT2D eigenvalue weighted by atomic mass is 10.1. The van der Waals surface area contributed by atoms with Crippen LogP contribution in [0.4, 0.5) is 0 Å². The number of hydrogen-bond acceptors (Lipinski definition) is 5. The van der Waals surface area contributed by atoms with E-state index in [-0.39, 0.29) is 11.4 Å². The van der Waals surface area contributed by atoms with Gasteiger partial charge in [0, 0.05) is 30.4 Å². The van der Waals surface area contributed by atoms with E-state index >= 15 is 0 Å². The molecule has 0 aliphatic rings. The van der Waals surface area contributed by atoms with E-state index in [1.807, 2.05) is 26.2 Å². The van der Waals surface area contributed by atoms with Gasteiger partial charge in [-0.15, -0.1) is 5.10 Å². The molecule has 5 nitrogen and oxygen atoms in total. The Hall–Kier alpha value is -1.01. The minimum absolute atomic E-state index is 0.0661. The highest BCUT2D eigenvalue weighted by molar-refractivity contribution is 7.03. The molecule has 0 aliphatic carbocycles. The number of amides is 1. The van der Waals surface area contributed by atoms with Crippen LogP contribution in [0, 0.1) is 0 Å². The zero-order valence-corrected chi connectivity index (χ0v) is 10.7. The molecule has 0 aliphatic heterocycles. The summed E-state index contributed by atoms with van der Waals surface area (Å²) in [4.78, 5) is 11.4. The van der Waals surface area contributed by atoms with Crippen molar-refractivity contribution in [2.45, 2.75) is 39.3 Å². The van der Waals surface area contributed by atoms with Gasteiger partial charge in [-0.3, -0.25) is 4.79 Å². The maximum Gasteiger partial charge on any atom is 0.221 e. The summed E-state index contributed by atoms with van der Waals surface area (Å²) in [5.74, 6) is 0.0661. The number of nitrogens with zero attached hydrogens (tertiary/aromatic N) is 2. The van der Waals surface area contributed by atoms with Gasteiger partial charge >= 0.3 is 0 Å². The molecule has 0 fully saturated rings. The fourth-order valence-corrected chi connectivity index (χ4v) is 1.61. The van der Waals surface area contributed by atoms with Crippen molar-refractivity contribution >= 4 is 17.4 Å². The molecule has 0 saturated heterocycles. The Labute approximate surface area is 99.8 Å². The molecule has 0 aromatic carbocycles. The molecule has 1 aromatic heterocycles. The second kappa shape index (κ2) is 5.91. The van der Waals surface area contributed by atoms with E-state index in [4.69, 9.17) is 0 Å². The van der Waals surface area contributed by atoms with Crippen LogP contribution in [0.2, 0.25) is 0 Å². The van der Waals surface area contributed by atoms with Crippen molar-refractivity contribution in [2.24, 2.45) is 0 Å². The third-order valence-electron chi connectivity index (χ3n) is 1.75. The molecule has 0 unspecified atom stereocenters. The molecule has 1 amide bonds. The van der Waals surface area contributed by atoms with Gasteiger partial charge in [-0.2, -0.15) is 0 Å². The molecule has 0 saturated carbocycles. The van der Waals surface area contributed by atoms with Gasteiger partial charge in [0.2, 0.25) is 5.91 Å². The molecule has 0 spiro atoms. The lowest BCUT2D eigenvalue weighted by molar-refractivity contribution is -0.122. The second-order valence-electron chi connectivity index (χ2n) is 4.62. The normalized spacial score (nSPS) is 11.4. The molecule has 0 radical (unpaired) electrons. The third-order valence-corrected chi connectivity index (χ3v) is 2.31. The summed E-state index contributed by atoms with van der Waals surface area (Å²) in [6, 6.07) is 0. The molecule has 1 aromatic rings. The second-order valence-corrected chi connectivity index (χ2v) is 5.23. The van der Waals surface area contributed by atoms with Crippen molar-refractivity contribution in [3.63, 3.8) is 0 Å². The topological polar surface area (TPSA) is 66.9 Å². The summed E-state index contributed by atoms with van der Waals surface area (Å²) in [5.41, 5.74) is 0.761. The van der Waals surface area contributed by atoms with Crippen molar-refractivity contribution in [2.75, 3.05) is 6.54 Å². The zero-order chi connectivity index (χ0) is 12.0. The fraction of sp³-hybridized carbons (Fsp3) is 0.700. The standard InChI is InChI=1S/C10H18N4OS/c1-10(2,3)12-9(15)4-5-11-6-8-7-16-14-13-8/h7,11H,4-6H2,1-3H3,(H,12,15). The summed E-state index contributed by atoms with van der Waals surface area (Å²) in [7, 11) is 0. The van der Waals surface area contributed by atoms with E-state index in [9.17, 15) is 4.79 Å². The summed E-state index contributed by atoms with van der Waals surface area (Å²) in [6.07, 6.45) is 0.481. The van der Waals surface area contributed by atoms with Crippen LogP contribution >= 0.6 is 11.5 Å². The first-order valence-corrected chi connectivity index (χ1v) is 6.09. The van der Waals surface area contributed by atoms with Gasteiger partial charge in [0.15, 0.2) is 0 Å². The number of hydrogen-bond donors (Lipinski definition) is 2. The third kappa shape index (κ3) is 5.77. The van der Waals surface area contributed by atoms with Gasteiger partial charge < -0.3 is 10.6 Å². The molecule has 0 atom stereocenters. The first kappa shape index (κ1) is 13.1. The molecule has 6 heteroatoms. The number of carbonyl (C=O) groups excluding carboxylic acids is 1. The lowest BCUT2D eigenvalue weighted by Crippen LogP contribution is -2.41. The predicted molar refractivity (Wildman–Crippen MR) is 64.1 cm³/mol. The van der Waals surface area contributed by atoms with Crippen LogP contribution in [0.5, 0.6) is 0 Å². The number of carbonyl (C=O) groups is 1. The largest absolute Gasteiger partial charge is 0.351 e. The van der Waals surface area contributed by atoms with Gasteiger partial charge in [0.1, 0.15) is 0 Å². The first-order valence-electron chi connectivity index (χ1n) is 5.25. The zero-order valence-electron chi connectivity index (χ0n) is 9.91. The Balaban J connectivity index is 2.09. The Morgan fingerprint density at radius 2 is 2.25 bits per heavy atom. The maximum atomic E-state index is 11.4. The van der Waals surface area contributed by atoms with Crippen LogP contribution in [0.1, 0.15) is 32.9 Å². The predicted octanol–water partition coefficient (Wildman–Crippen LogP) is 0.932. The lowest BCUT2D eigenvalue weighted by Gasteiger charge is -2.20. The van der Waals surface area contributed by atoms with Gasteiger partial charge in [0.25, 0.3) is 0 Å². The highest BCUT2D eigenvalue weighted by Crippen LogP contribution is 1.99. The van der Waals surface area contributed by atoms with Crippen LogP contribution in [0.15, 0.2) is 5.38 Å². The van der Waals surface area contributed by atoms with Gasteiger partial charge in [0.05, 0.1) is 5.69 Å². The molecule has 2 N–H and O–H groups in total. The van der Waals surface area contributed by atoms with Crippen LogP contribution in [-0.2, 0) is 11.3 Å². The Bertz CT molecular complexity index is 318. The molecule has 0 bridgehead atoms. The maximum absolute atomic E-state index is 11.4. The number of aromatic nitrogens is 2. The van der Waals surface area contributed by atoms with E-state index in [0.29, 0.717) is 19.5 Å². The average molecular weight is 242 g/mol. The van der Waals surface area contributed by atoms with Gasteiger partial charge in [-0.05, 0) is 32.3 Å². The van der Waals surface area contributed by atoms with Crippen LogP contribution < -0.4 is 10.6 Å². The van der Waals surface area contributed by atoms with E-state index in [0.717, 1.165) is 5.69 Å². The van der Waals surface area contributed by atoms with Crippen LogP contribution in [0.25, 0.3) is 0 Å². The van der Waals surface area contributed by atoms with E-state index in [1.54, 1.807) is 0 Å². The molecular formula is C10H18N4OS. The van der Waals surface area contributed by atoms with E-state index in [2.05, 4.69) is 20.2 Å². The van der Waals surface area contributed by atoms with Gasteiger partial charge in [-0.25, -0.2) is 0 Å². The van der Waals surface area contributed by atoms with E-state index < -0.39 is 0 Å². The summed E-state index contributed by atoms with van der Waals surface area (Å²) in [6.45, 7) is 7.23. The molecule has 90 valence electrons. The van der Waals surface area contributed by atoms with Crippen molar-refractivity contribution < 1.29 is 4.79 Å². The highest BCUT2D eigenvalue weighted by atomic mass is 32.1. The summed E-state index contributed by atoms with van der Waals surface area (Å²) < 4.78 is 3.76. The quantitative estimate of drug-likeness (QED) is 0.754. The van der Waals surface area contributed by atoms with Crippen LogP contribution in [0.3, 0.4) is 0 Å². The van der Waals surface area contributed by atoms with Crippen molar-refractivity contribution in [1.29, 1.82) is 0 Å². The van der Waals surface area contributed by atoms with E-state index in [1.165, 1.54) is 11.5 Å². The number of nitrogens with one attached hydrogen (secondary N) is 2. The summed E-state index contributed by atoms with van der Waals surface area (Å²) in [5, 5.41) is 11.8. The highest BCUT2D eigenvalue weighted by Gasteiger charge is 2.12.